The number of carbonyl (C=O) groups is 1. The van der Waals surface area contributed by atoms with Crippen molar-refractivity contribution in [3.63, 3.8) is 0 Å². The quantitative estimate of drug-likeness (QED) is 0.412. The van der Waals surface area contributed by atoms with Gasteiger partial charge in [0.25, 0.3) is 11.9 Å². The first kappa shape index (κ1) is 22.9. The van der Waals surface area contributed by atoms with Gasteiger partial charge in [-0.3, -0.25) is 20.2 Å². The van der Waals surface area contributed by atoms with Crippen LogP contribution in [0.15, 0.2) is 66.7 Å². The second-order valence-corrected chi connectivity index (χ2v) is 9.18. The number of nitrogens with zero attached hydrogens (tertiary/aromatic N) is 1. The van der Waals surface area contributed by atoms with Crippen LogP contribution < -0.4 is 20.1 Å². The van der Waals surface area contributed by atoms with Crippen LogP contribution in [-0.2, 0) is 16.9 Å². The fraction of sp³-hybridized carbons (Fsp3) is 0.296. The van der Waals surface area contributed by atoms with Crippen LogP contribution in [0.4, 0.5) is 5.69 Å². The number of rotatable bonds is 6. The molecule has 2 aliphatic heterocycles. The number of nitro groups is 1. The second kappa shape index (κ2) is 8.70. The Morgan fingerprint density at radius 3 is 2.51 bits per heavy atom. The molecule has 8 nitrogen and oxygen atoms in total. The lowest BCUT2D eigenvalue weighted by Gasteiger charge is -2.25. The van der Waals surface area contributed by atoms with Crippen LogP contribution in [0.3, 0.4) is 0 Å². The van der Waals surface area contributed by atoms with Gasteiger partial charge in [0, 0.05) is 22.2 Å². The molecule has 0 radical (unpaired) electrons. The Balaban J connectivity index is 1.48. The van der Waals surface area contributed by atoms with Gasteiger partial charge >= 0.3 is 0 Å². The summed E-state index contributed by atoms with van der Waals surface area (Å²) in [6, 6.07) is 19.0. The third kappa shape index (κ3) is 3.70. The van der Waals surface area contributed by atoms with Crippen molar-refractivity contribution in [2.75, 3.05) is 12.4 Å². The average Bonchev–Trinajstić information content (AvgIpc) is 3.32. The average molecular weight is 474 g/mol. The number of ether oxygens (including phenoxy) is 2. The van der Waals surface area contributed by atoms with Crippen LogP contribution >= 0.6 is 0 Å². The fourth-order valence-electron chi connectivity index (χ4n) is 5.41. The first-order valence-corrected chi connectivity index (χ1v) is 11.5. The predicted molar refractivity (Wildman–Crippen MR) is 131 cm³/mol. The third-order valence-corrected chi connectivity index (χ3v) is 7.05. The number of hydrogen-bond acceptors (Lipinski definition) is 6. The summed E-state index contributed by atoms with van der Waals surface area (Å²) in [5.74, 6) is 0.0645. The van der Waals surface area contributed by atoms with E-state index < -0.39 is 23.4 Å². The maximum absolute atomic E-state index is 13.2. The van der Waals surface area contributed by atoms with Crippen molar-refractivity contribution in [2.45, 2.75) is 44.0 Å². The molecular weight excluding hydrogens is 446 g/mol. The van der Waals surface area contributed by atoms with Crippen LogP contribution in [-0.4, -0.2) is 30.0 Å². The van der Waals surface area contributed by atoms with Crippen molar-refractivity contribution in [2.24, 2.45) is 0 Å². The van der Waals surface area contributed by atoms with Gasteiger partial charge in [0.2, 0.25) is 0 Å². The van der Waals surface area contributed by atoms with Crippen molar-refractivity contribution in [1.29, 1.82) is 0 Å². The monoisotopic (exact) mass is 473 g/mol. The molecule has 0 aromatic heterocycles. The molecule has 8 heteroatoms. The van der Waals surface area contributed by atoms with Crippen molar-refractivity contribution in [1.82, 2.24) is 5.32 Å². The Morgan fingerprint density at radius 1 is 1.06 bits per heavy atom. The maximum Gasteiger partial charge on any atom is 0.256 e. The predicted octanol–water partition coefficient (Wildman–Crippen LogP) is 4.15. The van der Waals surface area contributed by atoms with E-state index in [-0.39, 0.29) is 11.0 Å². The minimum Gasteiger partial charge on any atom is -0.493 e. The second-order valence-electron chi connectivity index (χ2n) is 9.18. The number of carbonyl (C=O) groups excluding carboxylic acids is 1. The van der Waals surface area contributed by atoms with Gasteiger partial charge in [0.05, 0.1) is 13.0 Å². The minimum absolute atomic E-state index is 0.336. The topological polar surface area (TPSA) is 103 Å². The van der Waals surface area contributed by atoms with E-state index in [1.807, 2.05) is 44.2 Å². The highest BCUT2D eigenvalue weighted by molar-refractivity contribution is 6.07. The summed E-state index contributed by atoms with van der Waals surface area (Å²) in [6.07, 6.45) is 0. The zero-order valence-electron chi connectivity index (χ0n) is 19.8. The molecule has 1 fully saturated rings. The van der Waals surface area contributed by atoms with Gasteiger partial charge in [-0.25, -0.2) is 0 Å². The van der Waals surface area contributed by atoms with Crippen LogP contribution in [0, 0.1) is 17.0 Å². The molecule has 1 spiro atoms. The molecule has 0 aliphatic carbocycles. The normalized spacial score (nSPS) is 24.8. The largest absolute Gasteiger partial charge is 0.493 e. The van der Waals surface area contributed by atoms with Crippen LogP contribution in [0.1, 0.15) is 35.1 Å². The van der Waals surface area contributed by atoms with Gasteiger partial charge in [-0.2, -0.15) is 0 Å². The van der Waals surface area contributed by atoms with E-state index in [0.29, 0.717) is 34.9 Å². The molecule has 1 saturated heterocycles. The molecule has 0 bridgehead atoms. The number of aryl methyl sites for hydroxylation is 1. The van der Waals surface area contributed by atoms with E-state index in [2.05, 4.69) is 10.6 Å². The van der Waals surface area contributed by atoms with Gasteiger partial charge in [0.15, 0.2) is 17.0 Å². The molecular formula is C27H27N3O5. The lowest BCUT2D eigenvalue weighted by atomic mass is 9.78. The molecule has 5 rings (SSSR count). The van der Waals surface area contributed by atoms with E-state index in [1.165, 1.54) is 5.56 Å². The molecule has 2 heterocycles. The third-order valence-electron chi connectivity index (χ3n) is 7.05. The summed E-state index contributed by atoms with van der Waals surface area (Å²) in [5, 5.41) is 18.6. The molecule has 3 aromatic carbocycles. The Morgan fingerprint density at radius 2 is 1.80 bits per heavy atom. The van der Waals surface area contributed by atoms with Crippen molar-refractivity contribution in [3.8, 4) is 11.5 Å². The summed E-state index contributed by atoms with van der Waals surface area (Å²) < 4.78 is 11.6. The smallest absolute Gasteiger partial charge is 0.256 e. The number of anilines is 1. The number of benzene rings is 3. The van der Waals surface area contributed by atoms with E-state index >= 15 is 0 Å². The fourth-order valence-corrected chi connectivity index (χ4v) is 5.41. The first-order valence-electron chi connectivity index (χ1n) is 11.5. The summed E-state index contributed by atoms with van der Waals surface area (Å²) in [7, 11) is 1.54. The van der Waals surface area contributed by atoms with E-state index in [4.69, 9.17) is 9.47 Å². The van der Waals surface area contributed by atoms with Crippen LogP contribution in [0.2, 0.25) is 0 Å². The number of methoxy groups -OCH3 is 1. The van der Waals surface area contributed by atoms with E-state index in [0.717, 1.165) is 5.56 Å². The standard InChI is InChI=1S/C27H27N3O5/c1-16-8-10-18(11-9-16)15-35-22-13-12-19(14-23(22)34-3)24-17(2)29-27(25(24)30(32)33)20-6-4-5-7-21(20)28-26(27)31/h4-14,17,24-25,29H,15H2,1-3H3,(H,28,31)/t17-,24-,25+,27-/m0/s1. The molecule has 0 unspecified atom stereocenters. The maximum atomic E-state index is 13.2. The first-order chi connectivity index (χ1) is 16.8. The van der Waals surface area contributed by atoms with Gasteiger partial charge in [-0.1, -0.05) is 54.1 Å². The molecule has 180 valence electrons. The molecule has 35 heavy (non-hydrogen) atoms. The summed E-state index contributed by atoms with van der Waals surface area (Å²) in [4.78, 5) is 25.3. The Kier molecular flexibility index (Phi) is 5.68. The SMILES string of the molecule is COc1cc([C@@H]2[C@H](C)N[C@]3(C(=O)Nc4ccccc43)[C@@H]2[N+](=O)[O-])ccc1OCc1ccc(C)cc1. The van der Waals surface area contributed by atoms with Crippen LogP contribution in [0.25, 0.3) is 0 Å². The molecule has 0 saturated carbocycles. The number of fused-ring (bicyclic) bond motifs is 2. The van der Waals surface area contributed by atoms with Crippen molar-refractivity contribution in [3.05, 3.63) is 99.1 Å². The highest BCUT2D eigenvalue weighted by Gasteiger charge is 2.67. The minimum atomic E-state index is -1.45. The van der Waals surface area contributed by atoms with Gasteiger partial charge in [-0.15, -0.1) is 0 Å². The lowest BCUT2D eigenvalue weighted by molar-refractivity contribution is -0.532. The summed E-state index contributed by atoms with van der Waals surface area (Å²) >= 11 is 0. The Hall–Kier alpha value is -3.91. The molecule has 1 amide bonds. The zero-order valence-corrected chi connectivity index (χ0v) is 19.8. The molecule has 2 aliphatic rings. The zero-order chi connectivity index (χ0) is 24.7. The molecule has 4 atom stereocenters. The number of hydrogen-bond donors (Lipinski definition) is 2. The number of amides is 1. The number of nitrogens with one attached hydrogen (secondary N) is 2. The van der Waals surface area contributed by atoms with Crippen LogP contribution in [0.5, 0.6) is 11.5 Å². The van der Waals surface area contributed by atoms with Gasteiger partial charge in [-0.05, 0) is 43.2 Å². The number of para-hydroxylation sites is 1. The van der Waals surface area contributed by atoms with Gasteiger partial charge in [0.1, 0.15) is 6.61 Å². The van der Waals surface area contributed by atoms with Crippen molar-refractivity contribution < 1.29 is 19.2 Å². The lowest BCUT2D eigenvalue weighted by Crippen LogP contribution is -2.54. The Bertz CT molecular complexity index is 1290. The van der Waals surface area contributed by atoms with Crippen molar-refractivity contribution >= 4 is 11.6 Å². The molecule has 3 aromatic rings. The molecule has 2 N–H and O–H groups in total. The summed E-state index contributed by atoms with van der Waals surface area (Å²) in [5.41, 5.74) is 2.66. The van der Waals surface area contributed by atoms with E-state index in [9.17, 15) is 14.9 Å². The highest BCUT2D eigenvalue weighted by Crippen LogP contribution is 2.50. The van der Waals surface area contributed by atoms with Gasteiger partial charge < -0.3 is 14.8 Å². The highest BCUT2D eigenvalue weighted by atomic mass is 16.6. The summed E-state index contributed by atoms with van der Waals surface area (Å²) in [6.45, 7) is 4.27. The van der Waals surface area contributed by atoms with E-state index in [1.54, 1.807) is 43.5 Å². The Labute approximate surface area is 203 Å².